The van der Waals surface area contributed by atoms with E-state index in [2.05, 4.69) is 16.8 Å². The van der Waals surface area contributed by atoms with Crippen molar-refractivity contribution in [1.29, 1.82) is 0 Å². The van der Waals surface area contributed by atoms with Gasteiger partial charge in [-0.1, -0.05) is 0 Å². The van der Waals surface area contributed by atoms with Crippen molar-refractivity contribution in [3.8, 4) is 0 Å². The van der Waals surface area contributed by atoms with Crippen molar-refractivity contribution in [3.05, 3.63) is 22.4 Å². The first-order valence-corrected chi connectivity index (χ1v) is 6.44. The summed E-state index contributed by atoms with van der Waals surface area (Å²) in [6.45, 7) is 0. The van der Waals surface area contributed by atoms with Crippen LogP contribution in [-0.2, 0) is 6.42 Å². The number of hydrogen-bond acceptors (Lipinski definition) is 2. The molecular weight excluding hydrogens is 192 g/mol. The van der Waals surface area contributed by atoms with E-state index in [0.717, 1.165) is 18.8 Å². The lowest BCUT2D eigenvalue weighted by Gasteiger charge is -2.32. The Labute approximate surface area is 88.8 Å². The first-order valence-electron chi connectivity index (χ1n) is 5.50. The summed E-state index contributed by atoms with van der Waals surface area (Å²) in [5.74, 6) is 1.41. The van der Waals surface area contributed by atoms with Crippen LogP contribution < -0.4 is 0 Å². The van der Waals surface area contributed by atoms with Gasteiger partial charge in [-0.15, -0.1) is 0 Å². The minimum atomic E-state index is -0.357. The second kappa shape index (κ2) is 3.07. The molecule has 1 aromatic rings. The van der Waals surface area contributed by atoms with Gasteiger partial charge in [0.05, 0.1) is 5.60 Å². The van der Waals surface area contributed by atoms with Crippen molar-refractivity contribution in [2.75, 3.05) is 0 Å². The molecule has 3 unspecified atom stereocenters. The second-order valence-electron chi connectivity index (χ2n) is 4.99. The van der Waals surface area contributed by atoms with Gasteiger partial charge in [0.2, 0.25) is 0 Å². The number of fused-ring (bicyclic) bond motifs is 2. The van der Waals surface area contributed by atoms with Crippen LogP contribution >= 0.6 is 11.3 Å². The molecule has 2 heteroatoms. The normalized spacial score (nSPS) is 40.6. The summed E-state index contributed by atoms with van der Waals surface area (Å²) in [5.41, 5.74) is 0.967. The maximum atomic E-state index is 10.6. The van der Waals surface area contributed by atoms with Crippen molar-refractivity contribution in [1.82, 2.24) is 0 Å². The van der Waals surface area contributed by atoms with Gasteiger partial charge in [-0.3, -0.25) is 0 Å². The largest absolute Gasteiger partial charge is 0.389 e. The molecule has 0 saturated heterocycles. The van der Waals surface area contributed by atoms with Crippen LogP contribution in [0.2, 0.25) is 0 Å². The van der Waals surface area contributed by atoms with E-state index >= 15 is 0 Å². The van der Waals surface area contributed by atoms with E-state index in [1.54, 1.807) is 11.3 Å². The number of thiophene rings is 1. The number of hydrogen-bond donors (Lipinski definition) is 1. The number of aliphatic hydroxyl groups is 1. The van der Waals surface area contributed by atoms with Crippen LogP contribution in [0.15, 0.2) is 16.8 Å². The van der Waals surface area contributed by atoms with Crippen molar-refractivity contribution in [3.63, 3.8) is 0 Å². The molecule has 2 aliphatic carbocycles. The van der Waals surface area contributed by atoms with Crippen LogP contribution in [0.5, 0.6) is 0 Å². The van der Waals surface area contributed by atoms with Crippen LogP contribution in [0.1, 0.15) is 31.2 Å². The predicted octanol–water partition coefficient (Wildman–Crippen LogP) is 2.84. The molecule has 1 heterocycles. The van der Waals surface area contributed by atoms with Crippen molar-refractivity contribution < 1.29 is 5.11 Å². The topological polar surface area (TPSA) is 20.2 Å². The van der Waals surface area contributed by atoms with E-state index in [-0.39, 0.29) is 5.60 Å². The lowest BCUT2D eigenvalue weighted by Crippen LogP contribution is -2.37. The van der Waals surface area contributed by atoms with Gasteiger partial charge >= 0.3 is 0 Å². The molecule has 3 atom stereocenters. The Morgan fingerprint density at radius 1 is 1.50 bits per heavy atom. The van der Waals surface area contributed by atoms with E-state index in [9.17, 15) is 5.11 Å². The van der Waals surface area contributed by atoms with Crippen LogP contribution in [0.25, 0.3) is 0 Å². The first-order chi connectivity index (χ1) is 6.76. The molecule has 14 heavy (non-hydrogen) atoms. The standard InChI is InChI=1S/C12H16OS/c13-12(7-10-3-4-14-8-10)6-9-1-2-11(12)5-9/h3-4,8-9,11,13H,1-2,5-7H2. The van der Waals surface area contributed by atoms with Gasteiger partial charge < -0.3 is 5.11 Å². The van der Waals surface area contributed by atoms with Crippen LogP contribution in [0.3, 0.4) is 0 Å². The molecule has 2 fully saturated rings. The molecule has 2 saturated carbocycles. The first kappa shape index (κ1) is 8.93. The monoisotopic (exact) mass is 208 g/mol. The fourth-order valence-electron chi connectivity index (χ4n) is 3.38. The Balaban J connectivity index is 1.78. The van der Waals surface area contributed by atoms with Gasteiger partial charge in [-0.25, -0.2) is 0 Å². The summed E-state index contributed by atoms with van der Waals surface area (Å²) in [6.07, 6.45) is 5.83. The quantitative estimate of drug-likeness (QED) is 0.792. The van der Waals surface area contributed by atoms with Crippen molar-refractivity contribution >= 4 is 11.3 Å². The Morgan fingerprint density at radius 3 is 3.00 bits per heavy atom. The lowest BCUT2D eigenvalue weighted by atomic mass is 9.80. The maximum Gasteiger partial charge on any atom is 0.0719 e. The van der Waals surface area contributed by atoms with Gasteiger partial charge in [-0.05, 0) is 59.9 Å². The lowest BCUT2D eigenvalue weighted by molar-refractivity contribution is -0.0124. The molecule has 0 radical (unpaired) electrons. The average Bonchev–Trinajstić information content (AvgIpc) is 2.78. The SMILES string of the molecule is OC1(Cc2ccsc2)CC2CCC1C2. The zero-order valence-electron chi connectivity index (χ0n) is 8.28. The van der Waals surface area contributed by atoms with E-state index < -0.39 is 0 Å². The highest BCUT2D eigenvalue weighted by molar-refractivity contribution is 7.07. The van der Waals surface area contributed by atoms with Gasteiger partial charge in [-0.2, -0.15) is 11.3 Å². The molecule has 76 valence electrons. The molecule has 1 nitrogen and oxygen atoms in total. The Kier molecular flexibility index (Phi) is 1.96. The van der Waals surface area contributed by atoms with Gasteiger partial charge in [0.1, 0.15) is 0 Å². The third-order valence-electron chi connectivity index (χ3n) is 4.03. The van der Waals surface area contributed by atoms with Crippen LogP contribution in [0, 0.1) is 11.8 Å². The van der Waals surface area contributed by atoms with Crippen molar-refractivity contribution in [2.24, 2.45) is 11.8 Å². The molecule has 1 N–H and O–H groups in total. The third kappa shape index (κ3) is 1.32. The molecule has 3 rings (SSSR count). The highest BCUT2D eigenvalue weighted by atomic mass is 32.1. The summed E-state index contributed by atoms with van der Waals surface area (Å²) < 4.78 is 0. The van der Waals surface area contributed by atoms with Crippen LogP contribution in [0.4, 0.5) is 0 Å². The van der Waals surface area contributed by atoms with Crippen molar-refractivity contribution in [2.45, 2.75) is 37.7 Å². The Morgan fingerprint density at radius 2 is 2.43 bits per heavy atom. The zero-order chi connectivity index (χ0) is 9.60. The van der Waals surface area contributed by atoms with E-state index in [4.69, 9.17) is 0 Å². The number of rotatable bonds is 2. The summed E-state index contributed by atoms with van der Waals surface area (Å²) in [6, 6.07) is 2.15. The zero-order valence-corrected chi connectivity index (χ0v) is 9.09. The summed E-state index contributed by atoms with van der Waals surface area (Å²) >= 11 is 1.73. The molecule has 2 aliphatic rings. The molecule has 0 spiro atoms. The Bertz CT molecular complexity index is 319. The highest BCUT2D eigenvalue weighted by Crippen LogP contribution is 2.51. The van der Waals surface area contributed by atoms with Gasteiger partial charge in [0, 0.05) is 6.42 Å². The third-order valence-corrected chi connectivity index (χ3v) is 4.77. The predicted molar refractivity (Wildman–Crippen MR) is 58.4 cm³/mol. The van der Waals surface area contributed by atoms with Crippen LogP contribution in [-0.4, -0.2) is 10.7 Å². The maximum absolute atomic E-state index is 10.6. The molecular formula is C12H16OS. The molecule has 2 bridgehead atoms. The fourth-order valence-corrected chi connectivity index (χ4v) is 4.05. The molecule has 0 aliphatic heterocycles. The highest BCUT2D eigenvalue weighted by Gasteiger charge is 2.49. The smallest absolute Gasteiger partial charge is 0.0719 e. The van der Waals surface area contributed by atoms with Gasteiger partial charge in [0.25, 0.3) is 0 Å². The summed E-state index contributed by atoms with van der Waals surface area (Å²) in [4.78, 5) is 0. The minimum Gasteiger partial charge on any atom is -0.389 e. The second-order valence-corrected chi connectivity index (χ2v) is 5.77. The molecule has 1 aromatic heterocycles. The minimum absolute atomic E-state index is 0.357. The summed E-state index contributed by atoms with van der Waals surface area (Å²) in [5, 5.41) is 14.8. The van der Waals surface area contributed by atoms with Gasteiger partial charge in [0.15, 0.2) is 0 Å². The van der Waals surface area contributed by atoms with E-state index in [1.165, 1.54) is 24.8 Å². The van der Waals surface area contributed by atoms with E-state index in [0.29, 0.717) is 5.92 Å². The summed E-state index contributed by atoms with van der Waals surface area (Å²) in [7, 11) is 0. The fraction of sp³-hybridized carbons (Fsp3) is 0.667. The van der Waals surface area contributed by atoms with E-state index in [1.807, 2.05) is 0 Å². The molecule has 0 aromatic carbocycles. The average molecular weight is 208 g/mol. The Hall–Kier alpha value is -0.340. The molecule has 0 amide bonds.